The number of nitrogens with zero attached hydrogens (tertiary/aromatic N) is 1. The van der Waals surface area contributed by atoms with Crippen molar-refractivity contribution in [2.45, 2.75) is 51.2 Å². The van der Waals surface area contributed by atoms with Crippen molar-refractivity contribution in [1.82, 2.24) is 10.6 Å². The van der Waals surface area contributed by atoms with E-state index in [0.29, 0.717) is 6.04 Å². The van der Waals surface area contributed by atoms with Crippen molar-refractivity contribution >= 4 is 5.91 Å². The molecule has 1 aliphatic heterocycles. The fraction of sp³-hybridized carbons (Fsp3) is 0.846. The number of ether oxygens (including phenoxy) is 1. The van der Waals surface area contributed by atoms with Crippen molar-refractivity contribution in [2.75, 3.05) is 19.7 Å². The van der Waals surface area contributed by atoms with Crippen molar-refractivity contribution in [3.05, 3.63) is 0 Å². The van der Waals surface area contributed by atoms with E-state index >= 15 is 0 Å². The Labute approximate surface area is 109 Å². The summed E-state index contributed by atoms with van der Waals surface area (Å²) in [5.41, 5.74) is -0.0287. The molecule has 0 spiro atoms. The largest absolute Gasteiger partial charge is 0.375 e. The first-order valence-electron chi connectivity index (χ1n) is 6.66. The van der Waals surface area contributed by atoms with Crippen LogP contribution < -0.4 is 10.6 Å². The summed E-state index contributed by atoms with van der Waals surface area (Å²) < 4.78 is 5.88. The molecule has 0 aromatic rings. The summed E-state index contributed by atoms with van der Waals surface area (Å²) in [5, 5.41) is 14.1. The molecule has 1 heterocycles. The molecule has 5 heteroatoms. The third kappa shape index (κ3) is 4.28. The maximum Gasteiger partial charge on any atom is 0.234 e. The molecule has 18 heavy (non-hydrogen) atoms. The molecule has 1 rings (SSSR count). The Bertz CT molecular complexity index is 308. The van der Waals surface area contributed by atoms with E-state index in [9.17, 15) is 4.79 Å². The van der Waals surface area contributed by atoms with Crippen LogP contribution >= 0.6 is 0 Å². The smallest absolute Gasteiger partial charge is 0.234 e. The fourth-order valence-electron chi connectivity index (χ4n) is 2.38. The minimum atomic E-state index is -0.123. The molecular weight excluding hydrogens is 230 g/mol. The van der Waals surface area contributed by atoms with E-state index < -0.39 is 0 Å². The van der Waals surface area contributed by atoms with Gasteiger partial charge in [-0.15, -0.1) is 0 Å². The van der Waals surface area contributed by atoms with Crippen LogP contribution in [-0.4, -0.2) is 37.2 Å². The quantitative estimate of drug-likeness (QED) is 0.691. The topological polar surface area (TPSA) is 74.2 Å². The number of amides is 1. The Kier molecular flexibility index (Phi) is 6.10. The Morgan fingerprint density at radius 3 is 2.83 bits per heavy atom. The third-order valence-electron chi connectivity index (χ3n) is 3.70. The summed E-state index contributed by atoms with van der Waals surface area (Å²) in [6.45, 7) is 5.38. The molecule has 0 aromatic carbocycles. The second-order valence-electron chi connectivity index (χ2n) is 4.74. The molecule has 1 aliphatic rings. The number of carbonyl (C=O) groups is 1. The van der Waals surface area contributed by atoms with Crippen LogP contribution in [-0.2, 0) is 9.53 Å². The van der Waals surface area contributed by atoms with E-state index in [1.165, 1.54) is 0 Å². The van der Waals surface area contributed by atoms with E-state index in [-0.39, 0.29) is 24.6 Å². The number of nitriles is 1. The molecule has 1 unspecified atom stereocenters. The number of hydrogen-bond donors (Lipinski definition) is 2. The molecule has 1 fully saturated rings. The normalized spacial score (nSPS) is 22.2. The number of carbonyl (C=O) groups excluding carboxylic acids is 1. The van der Waals surface area contributed by atoms with Gasteiger partial charge in [-0.05, 0) is 25.7 Å². The van der Waals surface area contributed by atoms with Gasteiger partial charge in [0, 0.05) is 12.6 Å². The van der Waals surface area contributed by atoms with E-state index in [2.05, 4.69) is 24.5 Å². The van der Waals surface area contributed by atoms with Gasteiger partial charge >= 0.3 is 0 Å². The molecule has 1 amide bonds. The first-order chi connectivity index (χ1) is 8.65. The molecule has 1 saturated heterocycles. The number of hydrogen-bond acceptors (Lipinski definition) is 4. The molecule has 1 atom stereocenters. The van der Waals surface area contributed by atoms with Crippen molar-refractivity contribution < 1.29 is 9.53 Å². The molecule has 102 valence electrons. The second kappa shape index (κ2) is 7.34. The van der Waals surface area contributed by atoms with Crippen LogP contribution in [0.15, 0.2) is 0 Å². The Balaban J connectivity index is 2.34. The number of nitrogens with one attached hydrogen (secondary N) is 2. The maximum absolute atomic E-state index is 11.4. The van der Waals surface area contributed by atoms with Crippen LogP contribution in [0.3, 0.4) is 0 Å². The first kappa shape index (κ1) is 14.9. The van der Waals surface area contributed by atoms with Gasteiger partial charge in [0.2, 0.25) is 5.91 Å². The summed E-state index contributed by atoms with van der Waals surface area (Å²) >= 11 is 0. The molecule has 0 saturated carbocycles. The van der Waals surface area contributed by atoms with Gasteiger partial charge in [0.25, 0.3) is 0 Å². The second-order valence-corrected chi connectivity index (χ2v) is 4.74. The molecule has 0 bridgehead atoms. The summed E-state index contributed by atoms with van der Waals surface area (Å²) in [7, 11) is 0. The van der Waals surface area contributed by atoms with Crippen LogP contribution in [0.5, 0.6) is 0 Å². The highest BCUT2D eigenvalue weighted by Gasteiger charge is 2.34. The Morgan fingerprint density at radius 2 is 2.22 bits per heavy atom. The van der Waals surface area contributed by atoms with Gasteiger partial charge < -0.3 is 15.4 Å². The summed E-state index contributed by atoms with van der Waals surface area (Å²) in [6.07, 6.45) is 3.89. The summed E-state index contributed by atoms with van der Waals surface area (Å²) in [6, 6.07) is 2.21. The maximum atomic E-state index is 11.4. The van der Waals surface area contributed by atoms with E-state index in [1.54, 1.807) is 0 Å². The standard InChI is InChI=1S/C13H23N3O2/c1-3-13(4-2)9-11(5-8-18-13)16-10-12(17)15-7-6-14/h11,16H,3-5,7-10H2,1-2H3,(H,15,17). The van der Waals surface area contributed by atoms with Crippen LogP contribution in [0.4, 0.5) is 0 Å². The summed E-state index contributed by atoms with van der Waals surface area (Å²) in [4.78, 5) is 11.4. The van der Waals surface area contributed by atoms with E-state index in [4.69, 9.17) is 10.00 Å². The monoisotopic (exact) mass is 253 g/mol. The SMILES string of the molecule is CCC1(CC)CC(NCC(=O)NCC#N)CCO1. The molecule has 0 aliphatic carbocycles. The van der Waals surface area contributed by atoms with Gasteiger partial charge in [-0.25, -0.2) is 0 Å². The lowest BCUT2D eigenvalue weighted by Gasteiger charge is -2.40. The zero-order chi connectivity index (χ0) is 13.4. The molecule has 2 N–H and O–H groups in total. The van der Waals surface area contributed by atoms with Gasteiger partial charge in [0.1, 0.15) is 6.54 Å². The minimum Gasteiger partial charge on any atom is -0.375 e. The van der Waals surface area contributed by atoms with E-state index in [0.717, 1.165) is 32.3 Å². The Hall–Kier alpha value is -1.12. The lowest BCUT2D eigenvalue weighted by molar-refractivity contribution is -0.121. The number of rotatable bonds is 6. The molecule has 0 aromatic heterocycles. The lowest BCUT2D eigenvalue weighted by atomic mass is 9.86. The Morgan fingerprint density at radius 1 is 1.50 bits per heavy atom. The highest BCUT2D eigenvalue weighted by atomic mass is 16.5. The molecule has 5 nitrogen and oxygen atoms in total. The highest BCUT2D eigenvalue weighted by Crippen LogP contribution is 2.31. The molecule has 0 radical (unpaired) electrons. The zero-order valence-corrected chi connectivity index (χ0v) is 11.3. The van der Waals surface area contributed by atoms with Gasteiger partial charge in [-0.2, -0.15) is 5.26 Å². The minimum absolute atomic E-state index is 0.0287. The first-order valence-corrected chi connectivity index (χ1v) is 6.66. The van der Waals surface area contributed by atoms with Gasteiger partial charge in [-0.3, -0.25) is 4.79 Å². The predicted molar refractivity (Wildman–Crippen MR) is 68.9 cm³/mol. The fourth-order valence-corrected chi connectivity index (χ4v) is 2.38. The van der Waals surface area contributed by atoms with Gasteiger partial charge in [0.15, 0.2) is 0 Å². The van der Waals surface area contributed by atoms with Crippen molar-refractivity contribution in [1.29, 1.82) is 5.26 Å². The third-order valence-corrected chi connectivity index (χ3v) is 3.70. The van der Waals surface area contributed by atoms with Crippen molar-refractivity contribution in [3.8, 4) is 6.07 Å². The average Bonchev–Trinajstić information content (AvgIpc) is 2.43. The lowest BCUT2D eigenvalue weighted by Crippen LogP contribution is -2.48. The predicted octanol–water partition coefficient (Wildman–Crippen LogP) is 0.954. The van der Waals surface area contributed by atoms with Crippen molar-refractivity contribution in [2.24, 2.45) is 0 Å². The van der Waals surface area contributed by atoms with Gasteiger partial charge in [0.05, 0.1) is 18.2 Å². The zero-order valence-electron chi connectivity index (χ0n) is 11.3. The van der Waals surface area contributed by atoms with Crippen LogP contribution in [0, 0.1) is 11.3 Å². The van der Waals surface area contributed by atoms with Crippen LogP contribution in [0.25, 0.3) is 0 Å². The highest BCUT2D eigenvalue weighted by molar-refractivity contribution is 5.78. The van der Waals surface area contributed by atoms with Gasteiger partial charge in [-0.1, -0.05) is 13.8 Å². The summed E-state index contributed by atoms with van der Waals surface area (Å²) in [5.74, 6) is -0.123. The average molecular weight is 253 g/mol. The molecular formula is C13H23N3O2. The van der Waals surface area contributed by atoms with E-state index in [1.807, 2.05) is 6.07 Å². The van der Waals surface area contributed by atoms with Crippen LogP contribution in [0.2, 0.25) is 0 Å². The van der Waals surface area contributed by atoms with Crippen molar-refractivity contribution in [3.63, 3.8) is 0 Å². The van der Waals surface area contributed by atoms with Crippen LogP contribution in [0.1, 0.15) is 39.5 Å².